The van der Waals surface area contributed by atoms with Gasteiger partial charge in [0.2, 0.25) is 15.9 Å². The monoisotopic (exact) mass is 472 g/mol. The number of halogens is 1. The number of carbonyl (C=O) groups is 1. The lowest BCUT2D eigenvalue weighted by atomic mass is 10.1. The van der Waals surface area contributed by atoms with Gasteiger partial charge in [-0.3, -0.25) is 4.79 Å². The van der Waals surface area contributed by atoms with Crippen LogP contribution in [0.15, 0.2) is 71.6 Å². The number of aryl methyl sites for hydroxylation is 2. The Bertz CT molecular complexity index is 1210. The maximum atomic E-state index is 13.1. The van der Waals surface area contributed by atoms with Gasteiger partial charge in [-0.05, 0) is 67.3 Å². The first-order chi connectivity index (χ1) is 15.2. The predicted octanol–water partition coefficient (Wildman–Crippen LogP) is 4.49. The number of amides is 1. The van der Waals surface area contributed by atoms with Crippen molar-refractivity contribution in [3.63, 3.8) is 0 Å². The van der Waals surface area contributed by atoms with Gasteiger partial charge >= 0.3 is 0 Å². The normalized spacial score (nSPS) is 12.2. The molecular weight excluding hydrogens is 448 g/mol. The summed E-state index contributed by atoms with van der Waals surface area (Å²) in [6.45, 7) is 3.62. The highest BCUT2D eigenvalue weighted by molar-refractivity contribution is 7.89. The highest BCUT2D eigenvalue weighted by Crippen LogP contribution is 2.23. The average molecular weight is 473 g/mol. The Morgan fingerprint density at radius 2 is 1.72 bits per heavy atom. The second-order valence-electron chi connectivity index (χ2n) is 7.45. The van der Waals surface area contributed by atoms with Crippen LogP contribution in [0.25, 0.3) is 0 Å². The molecule has 0 heterocycles. The number of sulfonamides is 1. The van der Waals surface area contributed by atoms with Crippen LogP contribution < -0.4 is 14.8 Å². The predicted molar refractivity (Wildman–Crippen MR) is 127 cm³/mol. The van der Waals surface area contributed by atoms with Crippen LogP contribution in [0.1, 0.15) is 16.7 Å². The Morgan fingerprint density at radius 3 is 2.34 bits per heavy atom. The molecule has 1 unspecified atom stereocenters. The molecule has 0 aliphatic heterocycles. The van der Waals surface area contributed by atoms with E-state index in [0.29, 0.717) is 22.0 Å². The number of anilines is 1. The zero-order valence-electron chi connectivity index (χ0n) is 18.1. The van der Waals surface area contributed by atoms with Crippen molar-refractivity contribution in [2.75, 3.05) is 12.4 Å². The van der Waals surface area contributed by atoms with Gasteiger partial charge in [0.05, 0.1) is 12.0 Å². The quantitative estimate of drug-likeness (QED) is 0.505. The van der Waals surface area contributed by atoms with E-state index in [9.17, 15) is 13.2 Å². The minimum Gasteiger partial charge on any atom is -0.496 e. The van der Waals surface area contributed by atoms with E-state index in [1.54, 1.807) is 31.2 Å². The Morgan fingerprint density at radius 1 is 1.00 bits per heavy atom. The number of benzene rings is 3. The van der Waals surface area contributed by atoms with Crippen molar-refractivity contribution in [2.45, 2.75) is 31.2 Å². The molecule has 3 aromatic rings. The first-order valence-corrected chi connectivity index (χ1v) is 11.8. The van der Waals surface area contributed by atoms with Gasteiger partial charge in [0, 0.05) is 10.7 Å². The number of rotatable bonds is 8. The molecule has 1 amide bonds. The summed E-state index contributed by atoms with van der Waals surface area (Å²) in [5.41, 5.74) is 2.86. The van der Waals surface area contributed by atoms with Crippen LogP contribution in [0.5, 0.6) is 5.75 Å². The van der Waals surface area contributed by atoms with E-state index in [-0.39, 0.29) is 11.3 Å². The molecule has 0 saturated heterocycles. The van der Waals surface area contributed by atoms with E-state index in [1.807, 2.05) is 37.3 Å². The van der Waals surface area contributed by atoms with E-state index < -0.39 is 22.0 Å². The summed E-state index contributed by atoms with van der Waals surface area (Å²) >= 11 is 6.16. The van der Waals surface area contributed by atoms with Crippen molar-refractivity contribution < 1.29 is 17.9 Å². The zero-order chi connectivity index (χ0) is 23.3. The molecule has 0 aliphatic carbocycles. The number of methoxy groups -OCH3 is 1. The summed E-state index contributed by atoms with van der Waals surface area (Å²) in [6, 6.07) is 17.9. The second kappa shape index (κ2) is 10.2. The highest BCUT2D eigenvalue weighted by Gasteiger charge is 2.27. The topological polar surface area (TPSA) is 84.5 Å². The summed E-state index contributed by atoms with van der Waals surface area (Å²) in [5.74, 6) is 0.0985. The van der Waals surface area contributed by atoms with Gasteiger partial charge in [-0.25, -0.2) is 8.42 Å². The molecule has 8 heteroatoms. The number of carbonyl (C=O) groups excluding carboxylic acids is 1. The Balaban J connectivity index is 1.88. The van der Waals surface area contributed by atoms with Gasteiger partial charge in [-0.2, -0.15) is 4.72 Å². The Kier molecular flexibility index (Phi) is 7.56. The molecule has 0 saturated carbocycles. The first-order valence-electron chi connectivity index (χ1n) is 9.97. The molecule has 0 spiro atoms. The van der Waals surface area contributed by atoms with E-state index in [1.165, 1.54) is 19.2 Å². The lowest BCUT2D eigenvalue weighted by Crippen LogP contribution is -2.45. The first kappa shape index (κ1) is 23.8. The third-order valence-corrected chi connectivity index (χ3v) is 6.89. The van der Waals surface area contributed by atoms with Crippen molar-refractivity contribution in [3.05, 3.63) is 88.4 Å². The fourth-order valence-corrected chi connectivity index (χ4v) is 4.67. The minimum atomic E-state index is -3.97. The molecular formula is C24H25ClN2O4S. The fourth-order valence-electron chi connectivity index (χ4n) is 3.21. The summed E-state index contributed by atoms with van der Waals surface area (Å²) in [7, 11) is -2.45. The summed E-state index contributed by atoms with van der Waals surface area (Å²) in [5, 5.41) is 3.27. The number of hydrogen-bond donors (Lipinski definition) is 2. The molecule has 3 rings (SSSR count). The van der Waals surface area contributed by atoms with Crippen LogP contribution in [0.4, 0.5) is 5.69 Å². The molecule has 0 fully saturated rings. The molecule has 0 bridgehead atoms. The van der Waals surface area contributed by atoms with Crippen LogP contribution in [0, 0.1) is 13.8 Å². The number of hydrogen-bond acceptors (Lipinski definition) is 4. The molecule has 0 radical (unpaired) electrons. The second-order valence-corrected chi connectivity index (χ2v) is 9.57. The largest absolute Gasteiger partial charge is 0.496 e. The lowest BCUT2D eigenvalue weighted by Gasteiger charge is -2.19. The summed E-state index contributed by atoms with van der Waals surface area (Å²) < 4.78 is 33.9. The minimum absolute atomic E-state index is 0.0556. The van der Waals surface area contributed by atoms with E-state index >= 15 is 0 Å². The molecule has 3 aromatic carbocycles. The Hall–Kier alpha value is -2.87. The lowest BCUT2D eigenvalue weighted by molar-refractivity contribution is -0.117. The fraction of sp³-hybridized carbons (Fsp3) is 0.208. The number of ether oxygens (including phenoxy) is 1. The van der Waals surface area contributed by atoms with Crippen molar-refractivity contribution >= 4 is 33.2 Å². The molecule has 1 atom stereocenters. The van der Waals surface area contributed by atoms with Crippen molar-refractivity contribution in [2.24, 2.45) is 0 Å². The van der Waals surface area contributed by atoms with Gasteiger partial charge in [-0.15, -0.1) is 0 Å². The molecule has 0 aliphatic rings. The molecule has 0 aromatic heterocycles. The molecule has 168 valence electrons. The zero-order valence-corrected chi connectivity index (χ0v) is 19.6. The van der Waals surface area contributed by atoms with Gasteiger partial charge in [0.15, 0.2) is 0 Å². The van der Waals surface area contributed by atoms with Crippen LogP contribution in [-0.2, 0) is 21.2 Å². The van der Waals surface area contributed by atoms with Crippen molar-refractivity contribution in [1.29, 1.82) is 0 Å². The summed E-state index contributed by atoms with van der Waals surface area (Å²) in [4.78, 5) is 13.1. The van der Waals surface area contributed by atoms with Gasteiger partial charge in [-0.1, -0.05) is 48.0 Å². The third-order valence-electron chi connectivity index (χ3n) is 5.01. The van der Waals surface area contributed by atoms with E-state index in [4.69, 9.17) is 16.3 Å². The van der Waals surface area contributed by atoms with Crippen LogP contribution >= 0.6 is 11.6 Å². The standard InChI is InChI=1S/C24H25ClN2O4S/c1-16-9-10-19(15-21(16)25)26-24(28)22(14-18-7-5-4-6-8-18)27-32(29,30)20-11-12-23(31-3)17(2)13-20/h4-13,15,22,27H,14H2,1-3H3,(H,26,28). The SMILES string of the molecule is COc1ccc(S(=O)(=O)NC(Cc2ccccc2)C(=O)Nc2ccc(C)c(Cl)c2)cc1C. The maximum Gasteiger partial charge on any atom is 0.242 e. The van der Waals surface area contributed by atoms with Gasteiger partial charge in [0.1, 0.15) is 11.8 Å². The van der Waals surface area contributed by atoms with Crippen LogP contribution in [-0.4, -0.2) is 27.5 Å². The Labute approximate surface area is 193 Å². The smallest absolute Gasteiger partial charge is 0.242 e. The molecule has 2 N–H and O–H groups in total. The number of nitrogens with one attached hydrogen (secondary N) is 2. The molecule has 32 heavy (non-hydrogen) atoms. The van der Waals surface area contributed by atoms with Gasteiger partial charge in [0.25, 0.3) is 0 Å². The van der Waals surface area contributed by atoms with Gasteiger partial charge < -0.3 is 10.1 Å². The third kappa shape index (κ3) is 5.88. The average Bonchev–Trinajstić information content (AvgIpc) is 2.76. The van der Waals surface area contributed by atoms with Crippen LogP contribution in [0.3, 0.4) is 0 Å². The summed E-state index contributed by atoms with van der Waals surface area (Å²) in [6.07, 6.45) is 0.181. The van der Waals surface area contributed by atoms with E-state index in [2.05, 4.69) is 10.0 Å². The van der Waals surface area contributed by atoms with Crippen molar-refractivity contribution in [1.82, 2.24) is 4.72 Å². The molecule has 6 nitrogen and oxygen atoms in total. The van der Waals surface area contributed by atoms with Crippen molar-refractivity contribution in [3.8, 4) is 5.75 Å². The van der Waals surface area contributed by atoms with Crippen LogP contribution in [0.2, 0.25) is 5.02 Å². The highest BCUT2D eigenvalue weighted by atomic mass is 35.5. The maximum absolute atomic E-state index is 13.1. The van der Waals surface area contributed by atoms with E-state index in [0.717, 1.165) is 11.1 Å².